The summed E-state index contributed by atoms with van der Waals surface area (Å²) >= 11 is 0. The van der Waals surface area contributed by atoms with Gasteiger partial charge in [0.25, 0.3) is 0 Å². The number of hydrogen-bond donors (Lipinski definition) is 3. The molecule has 0 radical (unpaired) electrons. The molecule has 0 aliphatic carbocycles. The third kappa shape index (κ3) is 7.32. The van der Waals surface area contributed by atoms with E-state index in [0.717, 1.165) is 0 Å². The maximum absolute atomic E-state index is 13.6. The predicted molar refractivity (Wildman–Crippen MR) is 129 cm³/mol. The Kier molecular flexibility index (Phi) is 9.69. The number of aryl methyl sites for hydroxylation is 1. The highest BCUT2D eigenvalue weighted by molar-refractivity contribution is 5.93. The van der Waals surface area contributed by atoms with E-state index in [1.54, 1.807) is 26.0 Å². The minimum Gasteiger partial charge on any atom is -0.396 e. The third-order valence-corrected chi connectivity index (χ3v) is 6.61. The Morgan fingerprint density at radius 2 is 1.95 bits per heavy atom. The minimum absolute atomic E-state index is 0.0607. The van der Waals surface area contributed by atoms with Crippen LogP contribution < -0.4 is 22.2 Å². The molecule has 3 unspecified atom stereocenters. The molecule has 1 aromatic heterocycles. The van der Waals surface area contributed by atoms with Gasteiger partial charge in [0.15, 0.2) is 5.76 Å². The van der Waals surface area contributed by atoms with Crippen LogP contribution in [0.1, 0.15) is 37.2 Å². The van der Waals surface area contributed by atoms with E-state index in [9.17, 15) is 24.0 Å². The minimum atomic E-state index is -1.07. The van der Waals surface area contributed by atoms with Gasteiger partial charge < -0.3 is 39.7 Å². The molecule has 4 N–H and O–H groups in total. The van der Waals surface area contributed by atoms with Crippen LogP contribution in [0, 0.1) is 6.92 Å². The summed E-state index contributed by atoms with van der Waals surface area (Å²) in [7, 11) is 3.22. The number of rotatable bonds is 10. The lowest BCUT2D eigenvalue weighted by Gasteiger charge is -2.38. The Bertz CT molecular complexity index is 1040. The molecule has 3 atom stereocenters. The number of carbonyl (C=O) groups is 4. The molecule has 2 saturated heterocycles. The van der Waals surface area contributed by atoms with Gasteiger partial charge in [0.2, 0.25) is 17.7 Å². The van der Waals surface area contributed by atoms with E-state index in [2.05, 4.69) is 10.6 Å². The lowest BCUT2D eigenvalue weighted by atomic mass is 10.1. The second-order valence-corrected chi connectivity index (χ2v) is 9.43. The van der Waals surface area contributed by atoms with Gasteiger partial charge in [-0.3, -0.25) is 19.3 Å². The topological polar surface area (TPSA) is 181 Å². The predicted octanol–water partition coefficient (Wildman–Crippen LogP) is -1.25. The average molecular weight is 525 g/mol. The molecule has 2 fully saturated rings. The van der Waals surface area contributed by atoms with E-state index in [4.69, 9.17) is 19.3 Å². The molecule has 3 rings (SSSR count). The molecule has 0 bridgehead atoms. The molecule has 14 nitrogen and oxygen atoms in total. The summed E-state index contributed by atoms with van der Waals surface area (Å²) < 4.78 is 14.8. The van der Waals surface area contributed by atoms with Gasteiger partial charge >= 0.3 is 11.9 Å². The molecule has 0 saturated carbocycles. The normalized spacial score (nSPS) is 21.9. The van der Waals surface area contributed by atoms with E-state index in [-0.39, 0.29) is 31.7 Å². The molecule has 37 heavy (non-hydrogen) atoms. The number of methoxy groups -OCH3 is 1. The average Bonchev–Trinajstić information content (AvgIpc) is 3.38. The Labute approximate surface area is 214 Å². The van der Waals surface area contributed by atoms with Crippen LogP contribution in [0.3, 0.4) is 0 Å². The Morgan fingerprint density at radius 1 is 1.19 bits per heavy atom. The maximum atomic E-state index is 13.6. The molecule has 14 heteroatoms. The summed E-state index contributed by atoms with van der Waals surface area (Å²) in [5, 5.41) is 5.54. The fourth-order valence-corrected chi connectivity index (χ4v) is 4.77. The zero-order valence-electron chi connectivity index (χ0n) is 21.5. The van der Waals surface area contributed by atoms with Gasteiger partial charge in [-0.1, -0.05) is 0 Å². The van der Waals surface area contributed by atoms with Gasteiger partial charge in [0.05, 0.1) is 19.6 Å². The van der Waals surface area contributed by atoms with Crippen molar-refractivity contribution in [2.75, 3.05) is 46.9 Å². The number of primary amides is 1. The molecule has 0 aromatic carbocycles. The zero-order valence-corrected chi connectivity index (χ0v) is 21.5. The van der Waals surface area contributed by atoms with Crippen LogP contribution in [-0.2, 0) is 25.7 Å². The van der Waals surface area contributed by atoms with Gasteiger partial charge in [-0.2, -0.15) is 0 Å². The third-order valence-electron chi connectivity index (χ3n) is 6.61. The summed E-state index contributed by atoms with van der Waals surface area (Å²) in [5.74, 6) is -1.73. The van der Waals surface area contributed by atoms with Crippen molar-refractivity contribution in [2.45, 2.75) is 57.3 Å². The van der Waals surface area contributed by atoms with Gasteiger partial charge in [0.1, 0.15) is 17.8 Å². The number of carbonyl (C=O) groups excluding carboxylic acids is 4. The lowest BCUT2D eigenvalue weighted by Crippen LogP contribution is -2.62. The van der Waals surface area contributed by atoms with Gasteiger partial charge in [0, 0.05) is 32.8 Å². The molecule has 5 amide bonds. The molecule has 3 heterocycles. The van der Waals surface area contributed by atoms with Crippen molar-refractivity contribution in [3.8, 4) is 0 Å². The smallest absolute Gasteiger partial charge is 0.396 e. The first-order valence-electron chi connectivity index (χ1n) is 12.3. The van der Waals surface area contributed by atoms with Crippen LogP contribution in [0.25, 0.3) is 0 Å². The van der Waals surface area contributed by atoms with E-state index >= 15 is 0 Å². The molecule has 1 aromatic rings. The van der Waals surface area contributed by atoms with Crippen molar-refractivity contribution in [1.82, 2.24) is 25.3 Å². The standard InChI is InChI=1S/C23H36N6O8/c1-14-18(37-23(34)36-14)12-27(2)13-19(30)26-16-11-28(22(33)25-8-4-10-35-3)9-7-15-5-6-17(20(24)31)29(15)21(16)32/h15-17H,4-13H2,1-3H3,(H2,24,31)(H,25,33)(H,26,30). The molecular weight excluding hydrogens is 488 g/mol. The van der Waals surface area contributed by atoms with Crippen LogP contribution in [0.2, 0.25) is 0 Å². The van der Waals surface area contributed by atoms with Crippen LogP contribution in [0.5, 0.6) is 0 Å². The second-order valence-electron chi connectivity index (χ2n) is 9.43. The number of urea groups is 1. The van der Waals surface area contributed by atoms with E-state index in [1.807, 2.05) is 0 Å². The summed E-state index contributed by atoms with van der Waals surface area (Å²) in [6.07, 6.45) is 2.16. The number of amides is 5. The SMILES string of the molecule is COCCCNC(=O)N1CCC2CCC(C(N)=O)N2C(=O)C(NC(=O)CN(C)Cc2oc(=O)oc2C)C1. The zero-order chi connectivity index (χ0) is 27.1. The van der Waals surface area contributed by atoms with E-state index in [1.165, 1.54) is 9.80 Å². The first kappa shape index (κ1) is 28.2. The van der Waals surface area contributed by atoms with Crippen molar-refractivity contribution < 1.29 is 32.7 Å². The van der Waals surface area contributed by atoms with Crippen molar-refractivity contribution in [2.24, 2.45) is 5.73 Å². The van der Waals surface area contributed by atoms with Crippen molar-refractivity contribution >= 4 is 23.8 Å². The second kappa shape index (κ2) is 12.7. The van der Waals surface area contributed by atoms with Crippen LogP contribution in [-0.4, -0.2) is 104 Å². The Balaban J connectivity index is 1.71. The molecule has 0 spiro atoms. The Morgan fingerprint density at radius 3 is 2.59 bits per heavy atom. The van der Waals surface area contributed by atoms with Crippen molar-refractivity contribution in [3.63, 3.8) is 0 Å². The molecule has 2 aliphatic rings. The maximum Gasteiger partial charge on any atom is 0.519 e. The first-order valence-corrected chi connectivity index (χ1v) is 12.3. The van der Waals surface area contributed by atoms with E-state index < -0.39 is 35.6 Å². The fraction of sp³-hybridized carbons (Fsp3) is 0.696. The van der Waals surface area contributed by atoms with Gasteiger partial charge in [-0.15, -0.1) is 0 Å². The number of nitrogens with two attached hydrogens (primary N) is 1. The highest BCUT2D eigenvalue weighted by Gasteiger charge is 2.44. The fourth-order valence-electron chi connectivity index (χ4n) is 4.77. The number of nitrogens with zero attached hydrogens (tertiary/aromatic N) is 3. The number of ether oxygens (including phenoxy) is 1. The molecule has 2 aliphatic heterocycles. The summed E-state index contributed by atoms with van der Waals surface area (Å²) in [5.41, 5.74) is 5.56. The lowest BCUT2D eigenvalue weighted by molar-refractivity contribution is -0.144. The number of fused-ring (bicyclic) bond motifs is 1. The number of hydrogen-bond acceptors (Lipinski definition) is 9. The van der Waals surface area contributed by atoms with Gasteiger partial charge in [-0.05, 0) is 39.7 Å². The van der Waals surface area contributed by atoms with Crippen LogP contribution >= 0.6 is 0 Å². The van der Waals surface area contributed by atoms with Gasteiger partial charge in [-0.25, -0.2) is 9.59 Å². The van der Waals surface area contributed by atoms with Crippen LogP contribution in [0.15, 0.2) is 13.6 Å². The quantitative estimate of drug-likeness (QED) is 0.315. The van der Waals surface area contributed by atoms with Crippen molar-refractivity contribution in [1.29, 1.82) is 0 Å². The monoisotopic (exact) mass is 524 g/mol. The Hall–Kier alpha value is -3.39. The van der Waals surface area contributed by atoms with Crippen LogP contribution in [0.4, 0.5) is 4.79 Å². The summed E-state index contributed by atoms with van der Waals surface area (Å²) in [6, 6.07) is -2.42. The van der Waals surface area contributed by atoms with Crippen molar-refractivity contribution in [3.05, 3.63) is 22.1 Å². The molecule has 206 valence electrons. The molecular formula is C23H36N6O8. The number of nitrogens with one attached hydrogen (secondary N) is 2. The highest BCUT2D eigenvalue weighted by atomic mass is 16.6. The number of likely N-dealkylation sites (N-methyl/N-ethyl adjacent to an activating group) is 1. The first-order chi connectivity index (χ1) is 17.6. The summed E-state index contributed by atoms with van der Waals surface area (Å²) in [4.78, 5) is 67.2. The van der Waals surface area contributed by atoms with E-state index in [0.29, 0.717) is 56.9 Å². The highest BCUT2D eigenvalue weighted by Crippen LogP contribution is 2.29. The summed E-state index contributed by atoms with van der Waals surface area (Å²) in [6.45, 7) is 2.79. The largest absolute Gasteiger partial charge is 0.519 e.